The predicted molar refractivity (Wildman–Crippen MR) is 77.6 cm³/mol. The zero-order valence-corrected chi connectivity index (χ0v) is 12.7. The number of fused-ring (bicyclic) bond motifs is 1. The van der Waals surface area contributed by atoms with Crippen LogP contribution in [0.25, 0.3) is 0 Å². The lowest BCUT2D eigenvalue weighted by Gasteiger charge is -2.38. The second-order valence-electron chi connectivity index (χ2n) is 5.56. The van der Waals surface area contributed by atoms with Gasteiger partial charge in [-0.15, -0.1) is 6.58 Å². The summed E-state index contributed by atoms with van der Waals surface area (Å²) in [4.78, 5) is 0. The van der Waals surface area contributed by atoms with Crippen molar-refractivity contribution in [2.75, 3.05) is 6.54 Å². The van der Waals surface area contributed by atoms with Crippen molar-refractivity contribution in [2.45, 2.75) is 26.2 Å². The van der Waals surface area contributed by atoms with Crippen LogP contribution in [-0.4, -0.2) is 27.2 Å². The number of rotatable bonds is 2. The third-order valence-electron chi connectivity index (χ3n) is 3.91. The van der Waals surface area contributed by atoms with Gasteiger partial charge in [0.2, 0.25) is 0 Å². The van der Waals surface area contributed by atoms with Crippen LogP contribution >= 0.6 is 0 Å². The van der Waals surface area contributed by atoms with E-state index in [-0.39, 0.29) is 0 Å². The fourth-order valence-electron chi connectivity index (χ4n) is 3.13. The fraction of sp³-hybridized carbons (Fsp3) is 0.385. The smallest absolute Gasteiger partial charge is 0.148 e. The summed E-state index contributed by atoms with van der Waals surface area (Å²) < 4.78 is 2.79. The van der Waals surface area contributed by atoms with Crippen LogP contribution in [0, 0.1) is 0 Å². The van der Waals surface area contributed by atoms with E-state index in [9.17, 15) is 0 Å². The molecule has 0 N–H and O–H groups in total. The van der Waals surface area contributed by atoms with Crippen molar-refractivity contribution in [1.82, 2.24) is 4.23 Å². The van der Waals surface area contributed by atoms with E-state index in [1.54, 1.807) is 10.4 Å². The molecule has 0 fully saturated rings. The molecule has 0 radical (unpaired) electrons. The molecule has 16 heavy (non-hydrogen) atoms. The van der Waals surface area contributed by atoms with Crippen LogP contribution in [0.2, 0.25) is 26.2 Å². The molecular formula is C13H21NSi2. The fourth-order valence-corrected chi connectivity index (χ4v) is 15.5. The lowest BCUT2D eigenvalue weighted by Crippen LogP contribution is -2.60. The Labute approximate surface area is 101 Å². The first-order chi connectivity index (χ1) is 7.42. The van der Waals surface area contributed by atoms with Gasteiger partial charge in [-0.25, -0.2) is 0 Å². The highest BCUT2D eigenvalue weighted by molar-refractivity contribution is 7.10. The number of hydrogen-bond donors (Lipinski definition) is 0. The third-order valence-corrected chi connectivity index (χ3v) is 14.1. The summed E-state index contributed by atoms with van der Waals surface area (Å²) in [6.07, 6.45) is 2.06. The summed E-state index contributed by atoms with van der Waals surface area (Å²) in [7, 11) is -2.85. The zero-order chi connectivity index (χ0) is 12.0. The molecule has 1 heterocycles. The van der Waals surface area contributed by atoms with Crippen LogP contribution < -0.4 is 10.4 Å². The molecule has 0 saturated carbocycles. The quantitative estimate of drug-likeness (QED) is 0.571. The first-order valence-electron chi connectivity index (χ1n) is 5.91. The van der Waals surface area contributed by atoms with Crippen LogP contribution in [0.15, 0.2) is 36.9 Å². The Bertz CT molecular complexity index is 389. The third kappa shape index (κ3) is 1.46. The van der Waals surface area contributed by atoms with Crippen molar-refractivity contribution in [2.24, 2.45) is 0 Å². The summed E-state index contributed by atoms with van der Waals surface area (Å²) in [5, 5.41) is 3.29. The molecule has 1 aromatic carbocycles. The Hall–Kier alpha value is -0.646. The second-order valence-corrected chi connectivity index (χ2v) is 14.4. The molecule has 0 atom stereocenters. The molecule has 1 nitrogen and oxygen atoms in total. The maximum absolute atomic E-state index is 3.92. The monoisotopic (exact) mass is 247 g/mol. The van der Waals surface area contributed by atoms with E-state index >= 15 is 0 Å². The number of benzene rings is 1. The molecule has 3 heteroatoms. The van der Waals surface area contributed by atoms with Gasteiger partial charge in [0.25, 0.3) is 0 Å². The van der Waals surface area contributed by atoms with Gasteiger partial charge in [-0.3, -0.25) is 0 Å². The minimum Gasteiger partial charge on any atom is -0.335 e. The Balaban J connectivity index is 2.60. The standard InChI is InChI=1S/C13H21NSi2/c1-6-11-14-15(2,3)12-9-7-8-10-13(12)16(14,4)5/h6-10H,1,11H2,2-5H3. The Morgan fingerprint density at radius 2 is 1.50 bits per heavy atom. The van der Waals surface area contributed by atoms with E-state index < -0.39 is 16.5 Å². The van der Waals surface area contributed by atoms with Crippen LogP contribution in [0.4, 0.5) is 0 Å². The summed E-state index contributed by atoms with van der Waals surface area (Å²) in [6.45, 7) is 14.8. The average molecular weight is 247 g/mol. The molecule has 0 bridgehead atoms. The summed E-state index contributed by atoms with van der Waals surface area (Å²) in [5.74, 6) is 0. The van der Waals surface area contributed by atoms with Gasteiger partial charge >= 0.3 is 0 Å². The molecule has 0 aliphatic carbocycles. The number of hydrogen-bond acceptors (Lipinski definition) is 1. The first-order valence-corrected chi connectivity index (χ1v) is 11.8. The van der Waals surface area contributed by atoms with Gasteiger partial charge < -0.3 is 4.23 Å². The van der Waals surface area contributed by atoms with Crippen molar-refractivity contribution < 1.29 is 0 Å². The van der Waals surface area contributed by atoms with Gasteiger partial charge in [0.1, 0.15) is 16.5 Å². The average Bonchev–Trinajstić information content (AvgIpc) is 2.38. The van der Waals surface area contributed by atoms with Gasteiger partial charge in [-0.2, -0.15) is 0 Å². The molecule has 1 aliphatic heterocycles. The van der Waals surface area contributed by atoms with Crippen molar-refractivity contribution in [3.63, 3.8) is 0 Å². The molecule has 1 aromatic rings. The second kappa shape index (κ2) is 3.69. The van der Waals surface area contributed by atoms with E-state index in [1.165, 1.54) is 0 Å². The van der Waals surface area contributed by atoms with Crippen molar-refractivity contribution in [1.29, 1.82) is 0 Å². The molecular weight excluding hydrogens is 226 g/mol. The molecule has 0 saturated heterocycles. The molecule has 0 unspecified atom stereocenters. The van der Waals surface area contributed by atoms with Gasteiger partial charge in [-0.1, -0.05) is 56.5 Å². The Kier molecular flexibility index (Phi) is 2.72. The Morgan fingerprint density at radius 3 is 1.88 bits per heavy atom. The van der Waals surface area contributed by atoms with Gasteiger partial charge in [0, 0.05) is 6.54 Å². The van der Waals surface area contributed by atoms with Gasteiger partial charge in [0.05, 0.1) is 0 Å². The topological polar surface area (TPSA) is 3.24 Å². The van der Waals surface area contributed by atoms with Crippen molar-refractivity contribution in [3.8, 4) is 0 Å². The minimum atomic E-state index is -1.42. The number of nitrogens with zero attached hydrogens (tertiary/aromatic N) is 1. The lowest BCUT2D eigenvalue weighted by atomic mass is 10.4. The van der Waals surface area contributed by atoms with Crippen molar-refractivity contribution in [3.05, 3.63) is 36.9 Å². The highest BCUT2D eigenvalue weighted by Gasteiger charge is 2.50. The van der Waals surface area contributed by atoms with Crippen LogP contribution in [0.3, 0.4) is 0 Å². The van der Waals surface area contributed by atoms with E-state index in [4.69, 9.17) is 0 Å². The molecule has 0 amide bonds. The lowest BCUT2D eigenvalue weighted by molar-refractivity contribution is 0.710. The summed E-state index contributed by atoms with van der Waals surface area (Å²) in [5.41, 5.74) is 0. The molecule has 0 aromatic heterocycles. The van der Waals surface area contributed by atoms with Crippen LogP contribution in [-0.2, 0) is 0 Å². The van der Waals surface area contributed by atoms with E-state index in [0.717, 1.165) is 6.54 Å². The van der Waals surface area contributed by atoms with E-state index in [0.29, 0.717) is 0 Å². The molecule has 86 valence electrons. The predicted octanol–water partition coefficient (Wildman–Crippen LogP) is 2.01. The molecule has 1 aliphatic rings. The summed E-state index contributed by atoms with van der Waals surface area (Å²) >= 11 is 0. The van der Waals surface area contributed by atoms with E-state index in [1.807, 2.05) is 0 Å². The highest BCUT2D eigenvalue weighted by Crippen LogP contribution is 2.25. The Morgan fingerprint density at radius 1 is 1.06 bits per heavy atom. The molecule has 0 spiro atoms. The normalized spacial score (nSPS) is 21.8. The SMILES string of the molecule is C=CCN1[Si](C)(C)c2ccccc2[Si]1(C)C. The van der Waals surface area contributed by atoms with Gasteiger partial charge in [0.15, 0.2) is 0 Å². The highest BCUT2D eigenvalue weighted by atomic mass is 28.4. The summed E-state index contributed by atoms with van der Waals surface area (Å²) in [6, 6.07) is 9.07. The van der Waals surface area contributed by atoms with Crippen LogP contribution in [0.5, 0.6) is 0 Å². The molecule has 2 rings (SSSR count). The minimum absolute atomic E-state index is 1.05. The maximum Gasteiger partial charge on any atom is 0.148 e. The largest absolute Gasteiger partial charge is 0.335 e. The maximum atomic E-state index is 3.92. The van der Waals surface area contributed by atoms with E-state index in [2.05, 4.69) is 67.3 Å². The van der Waals surface area contributed by atoms with Crippen LogP contribution in [0.1, 0.15) is 0 Å². The first kappa shape index (κ1) is 11.8. The van der Waals surface area contributed by atoms with Gasteiger partial charge in [-0.05, 0) is 10.4 Å². The van der Waals surface area contributed by atoms with Crippen molar-refractivity contribution >= 4 is 26.8 Å². The zero-order valence-electron chi connectivity index (χ0n) is 10.7.